The number of amides is 3. The number of methoxy groups -OCH3 is 1. The maximum atomic E-state index is 13.5. The minimum Gasteiger partial charge on any atom is -0.496 e. The molecule has 2 N–H and O–H groups in total. The summed E-state index contributed by atoms with van der Waals surface area (Å²) in [5, 5.41) is 5.60. The SMILES string of the molecule is COc1ccccc1-c1ccc(/C=C(/NC(=O)c2ccccc2)C(=O)Nc2ccc(SCC(=O)N3c4ccccc4CC3C)cc2)o1. The number of hydrogen-bond donors (Lipinski definition) is 2. The molecule has 0 saturated heterocycles. The molecule has 1 aliphatic rings. The zero-order valence-corrected chi connectivity index (χ0v) is 26.8. The molecule has 1 aromatic heterocycles. The number of carbonyl (C=O) groups excluding carboxylic acids is 3. The van der Waals surface area contributed by atoms with Gasteiger partial charge in [0.05, 0.1) is 18.4 Å². The van der Waals surface area contributed by atoms with Crippen LogP contribution in [0.2, 0.25) is 0 Å². The molecule has 6 rings (SSSR count). The Balaban J connectivity index is 1.15. The molecule has 4 aromatic carbocycles. The van der Waals surface area contributed by atoms with Crippen molar-refractivity contribution in [3.63, 3.8) is 0 Å². The van der Waals surface area contributed by atoms with Crippen LogP contribution in [0.25, 0.3) is 17.4 Å². The summed E-state index contributed by atoms with van der Waals surface area (Å²) in [4.78, 5) is 42.5. The Morgan fingerprint density at radius 1 is 0.894 bits per heavy atom. The highest BCUT2D eigenvalue weighted by Gasteiger charge is 2.30. The molecule has 236 valence electrons. The third kappa shape index (κ3) is 7.31. The Hall–Kier alpha value is -5.54. The minimum absolute atomic E-state index is 0.00356. The Morgan fingerprint density at radius 3 is 2.40 bits per heavy atom. The molecule has 0 aliphatic carbocycles. The van der Waals surface area contributed by atoms with E-state index in [1.807, 2.05) is 65.6 Å². The number of furan rings is 1. The number of nitrogens with zero attached hydrogens (tertiary/aromatic N) is 1. The van der Waals surface area contributed by atoms with E-state index >= 15 is 0 Å². The molecule has 1 atom stereocenters. The molecular formula is C38H33N3O5S. The van der Waals surface area contributed by atoms with E-state index in [1.54, 1.807) is 55.6 Å². The predicted octanol–water partition coefficient (Wildman–Crippen LogP) is 7.43. The number of nitrogens with one attached hydrogen (secondary N) is 2. The first kappa shape index (κ1) is 31.4. The monoisotopic (exact) mass is 643 g/mol. The van der Waals surface area contributed by atoms with E-state index in [0.29, 0.717) is 34.3 Å². The van der Waals surface area contributed by atoms with Crippen molar-refractivity contribution in [2.75, 3.05) is 23.1 Å². The van der Waals surface area contributed by atoms with Crippen LogP contribution in [-0.2, 0) is 16.0 Å². The van der Waals surface area contributed by atoms with E-state index in [-0.39, 0.29) is 17.6 Å². The third-order valence-corrected chi connectivity index (χ3v) is 8.76. The Bertz CT molecular complexity index is 1930. The molecule has 0 saturated carbocycles. The van der Waals surface area contributed by atoms with E-state index in [0.717, 1.165) is 22.6 Å². The Kier molecular flexibility index (Phi) is 9.54. The van der Waals surface area contributed by atoms with E-state index in [1.165, 1.54) is 23.4 Å². The molecule has 9 heteroatoms. The zero-order valence-electron chi connectivity index (χ0n) is 25.9. The summed E-state index contributed by atoms with van der Waals surface area (Å²) in [6.07, 6.45) is 2.34. The number of hydrogen-bond acceptors (Lipinski definition) is 6. The van der Waals surface area contributed by atoms with Crippen LogP contribution in [0.3, 0.4) is 0 Å². The standard InChI is InChI=1S/C38H33N3O5S/c1-25-22-27-12-6-8-14-33(27)41(25)36(42)24-47-30-19-16-28(17-20-30)39-38(44)32(40-37(43)26-10-4-3-5-11-26)23-29-18-21-35(46-29)31-13-7-9-15-34(31)45-2/h3-21,23,25H,22,24H2,1-2H3,(H,39,44)(H,40,43)/b32-23+. The first-order valence-electron chi connectivity index (χ1n) is 15.1. The van der Waals surface area contributed by atoms with E-state index in [2.05, 4.69) is 23.6 Å². The van der Waals surface area contributed by atoms with Crippen LogP contribution in [0.4, 0.5) is 11.4 Å². The second-order valence-electron chi connectivity index (χ2n) is 11.0. The fourth-order valence-corrected chi connectivity index (χ4v) is 6.26. The van der Waals surface area contributed by atoms with E-state index in [4.69, 9.17) is 9.15 Å². The summed E-state index contributed by atoms with van der Waals surface area (Å²) >= 11 is 1.44. The van der Waals surface area contributed by atoms with Gasteiger partial charge in [0.2, 0.25) is 5.91 Å². The molecule has 0 bridgehead atoms. The molecule has 2 heterocycles. The molecule has 0 radical (unpaired) electrons. The van der Waals surface area contributed by atoms with E-state index in [9.17, 15) is 14.4 Å². The second kappa shape index (κ2) is 14.3. The van der Waals surface area contributed by atoms with Crippen LogP contribution in [0.1, 0.15) is 28.6 Å². The average Bonchev–Trinajstić information content (AvgIpc) is 3.71. The zero-order chi connectivity index (χ0) is 32.8. The molecular weight excluding hydrogens is 611 g/mol. The highest BCUT2D eigenvalue weighted by Crippen LogP contribution is 2.34. The summed E-state index contributed by atoms with van der Waals surface area (Å²) in [5.74, 6) is 0.961. The topological polar surface area (TPSA) is 101 Å². The van der Waals surface area contributed by atoms with Crippen molar-refractivity contribution in [1.29, 1.82) is 0 Å². The van der Waals surface area contributed by atoms with Gasteiger partial charge >= 0.3 is 0 Å². The van der Waals surface area contributed by atoms with Gasteiger partial charge in [-0.25, -0.2) is 0 Å². The van der Waals surface area contributed by atoms with Gasteiger partial charge in [0.1, 0.15) is 23.0 Å². The highest BCUT2D eigenvalue weighted by atomic mass is 32.2. The summed E-state index contributed by atoms with van der Waals surface area (Å²) in [7, 11) is 1.59. The van der Waals surface area contributed by atoms with Crippen molar-refractivity contribution in [2.45, 2.75) is 24.3 Å². The lowest BCUT2D eigenvalue weighted by molar-refractivity contribution is -0.116. The summed E-state index contributed by atoms with van der Waals surface area (Å²) in [5.41, 5.74) is 3.87. The predicted molar refractivity (Wildman–Crippen MR) is 185 cm³/mol. The number of anilines is 2. The normalized spacial score (nSPS) is 14.0. The number of fused-ring (bicyclic) bond motifs is 1. The molecule has 47 heavy (non-hydrogen) atoms. The van der Waals surface area contributed by atoms with Gasteiger partial charge in [0.15, 0.2) is 0 Å². The van der Waals surface area contributed by atoms with Crippen molar-refractivity contribution in [3.05, 3.63) is 138 Å². The number of benzene rings is 4. The van der Waals surface area contributed by atoms with Crippen LogP contribution in [0.15, 0.2) is 130 Å². The fraction of sp³-hybridized carbons (Fsp3) is 0.132. The minimum atomic E-state index is -0.526. The average molecular weight is 644 g/mol. The second-order valence-corrected chi connectivity index (χ2v) is 12.0. The van der Waals surface area contributed by atoms with Crippen LogP contribution in [0, 0.1) is 0 Å². The number of ether oxygens (including phenoxy) is 1. The van der Waals surface area contributed by atoms with Gasteiger partial charge in [-0.15, -0.1) is 11.8 Å². The number of rotatable bonds is 10. The van der Waals surface area contributed by atoms with Crippen LogP contribution in [-0.4, -0.2) is 36.6 Å². The first-order valence-corrected chi connectivity index (χ1v) is 16.1. The molecule has 0 spiro atoms. The molecule has 1 aliphatic heterocycles. The van der Waals surface area contributed by atoms with Crippen LogP contribution >= 0.6 is 11.8 Å². The first-order chi connectivity index (χ1) is 22.9. The Labute approximate surface area is 277 Å². The van der Waals surface area contributed by atoms with Crippen molar-refractivity contribution in [1.82, 2.24) is 5.32 Å². The summed E-state index contributed by atoms with van der Waals surface area (Å²) < 4.78 is 11.5. The maximum Gasteiger partial charge on any atom is 0.272 e. The summed E-state index contributed by atoms with van der Waals surface area (Å²) in [6.45, 7) is 2.07. The summed E-state index contributed by atoms with van der Waals surface area (Å²) in [6, 6.07) is 35.0. The lowest BCUT2D eigenvalue weighted by Crippen LogP contribution is -2.36. The molecule has 5 aromatic rings. The number of thioether (sulfide) groups is 1. The maximum absolute atomic E-state index is 13.5. The Morgan fingerprint density at radius 2 is 1.62 bits per heavy atom. The fourth-order valence-electron chi connectivity index (χ4n) is 5.50. The number of carbonyl (C=O) groups is 3. The molecule has 0 fully saturated rings. The smallest absolute Gasteiger partial charge is 0.272 e. The van der Waals surface area contributed by atoms with Gasteiger partial charge in [0.25, 0.3) is 11.8 Å². The van der Waals surface area contributed by atoms with Crippen LogP contribution in [0.5, 0.6) is 5.75 Å². The largest absolute Gasteiger partial charge is 0.496 e. The van der Waals surface area contributed by atoms with Gasteiger partial charge < -0.3 is 24.7 Å². The lowest BCUT2D eigenvalue weighted by Gasteiger charge is -2.22. The number of para-hydroxylation sites is 2. The van der Waals surface area contributed by atoms with Gasteiger partial charge in [-0.2, -0.15) is 0 Å². The molecule has 1 unspecified atom stereocenters. The van der Waals surface area contributed by atoms with E-state index < -0.39 is 11.8 Å². The van der Waals surface area contributed by atoms with Crippen molar-refractivity contribution >= 4 is 46.9 Å². The van der Waals surface area contributed by atoms with Gasteiger partial charge in [0, 0.05) is 34.0 Å². The van der Waals surface area contributed by atoms with Crippen molar-refractivity contribution in [2.24, 2.45) is 0 Å². The molecule has 8 nitrogen and oxygen atoms in total. The third-order valence-electron chi connectivity index (χ3n) is 7.77. The lowest BCUT2D eigenvalue weighted by atomic mass is 10.1. The van der Waals surface area contributed by atoms with Crippen molar-refractivity contribution < 1.29 is 23.5 Å². The quantitative estimate of drug-likeness (QED) is 0.121. The highest BCUT2D eigenvalue weighted by molar-refractivity contribution is 8.00. The van der Waals surface area contributed by atoms with Crippen LogP contribution < -0.4 is 20.3 Å². The van der Waals surface area contributed by atoms with Gasteiger partial charge in [-0.3, -0.25) is 14.4 Å². The van der Waals surface area contributed by atoms with Gasteiger partial charge in [-0.05, 0) is 85.6 Å². The van der Waals surface area contributed by atoms with Crippen molar-refractivity contribution in [3.8, 4) is 17.1 Å². The van der Waals surface area contributed by atoms with Gasteiger partial charge in [-0.1, -0.05) is 48.5 Å². The molecule has 3 amide bonds.